The standard InChI is InChI=1S/C22H16ClF2N5O4/c1-12-5-3-4-6-18(12)34-16-9-14(8-15(10-16)30(32)33)27-21(31)17-11-20-26-13(2)7-19(22(23,24)25)29(20)28-17/h3-11H,1-2H3,(H,27,31). The van der Waals surface area contributed by atoms with Gasteiger partial charge in [0.15, 0.2) is 11.3 Å². The predicted octanol–water partition coefficient (Wildman–Crippen LogP) is 5.59. The Kier molecular flexibility index (Phi) is 5.88. The average molecular weight is 488 g/mol. The van der Waals surface area contributed by atoms with Crippen LogP contribution in [0.3, 0.4) is 0 Å². The zero-order valence-corrected chi connectivity index (χ0v) is 18.5. The zero-order valence-electron chi connectivity index (χ0n) is 17.8. The Morgan fingerprint density at radius 1 is 1.18 bits per heavy atom. The van der Waals surface area contributed by atoms with Gasteiger partial charge in [0.25, 0.3) is 11.6 Å². The fourth-order valence-corrected chi connectivity index (χ4v) is 3.36. The predicted molar refractivity (Wildman–Crippen MR) is 120 cm³/mol. The molecule has 12 heteroatoms. The van der Waals surface area contributed by atoms with Gasteiger partial charge in [-0.2, -0.15) is 13.9 Å². The highest BCUT2D eigenvalue weighted by Gasteiger charge is 2.32. The largest absolute Gasteiger partial charge is 0.457 e. The average Bonchev–Trinajstić information content (AvgIpc) is 3.18. The minimum Gasteiger partial charge on any atom is -0.457 e. The fourth-order valence-electron chi connectivity index (χ4n) is 3.23. The molecule has 0 aliphatic heterocycles. The number of nitro groups is 1. The van der Waals surface area contributed by atoms with E-state index in [9.17, 15) is 23.7 Å². The molecule has 2 aromatic carbocycles. The Hall–Kier alpha value is -4.12. The molecule has 4 rings (SSSR count). The van der Waals surface area contributed by atoms with Crippen molar-refractivity contribution < 1.29 is 23.2 Å². The molecule has 34 heavy (non-hydrogen) atoms. The van der Waals surface area contributed by atoms with Crippen molar-refractivity contribution in [1.82, 2.24) is 14.6 Å². The van der Waals surface area contributed by atoms with Crippen LogP contribution in [0.25, 0.3) is 5.65 Å². The van der Waals surface area contributed by atoms with Crippen molar-refractivity contribution in [2.45, 2.75) is 19.2 Å². The molecule has 174 valence electrons. The van der Waals surface area contributed by atoms with Crippen LogP contribution < -0.4 is 10.1 Å². The molecule has 1 amide bonds. The Labute approximate surface area is 196 Å². The number of nitro benzene ring substituents is 1. The molecule has 0 atom stereocenters. The molecular weight excluding hydrogens is 472 g/mol. The summed E-state index contributed by atoms with van der Waals surface area (Å²) in [5.74, 6) is -0.193. The molecule has 2 aromatic heterocycles. The number of nitrogens with one attached hydrogen (secondary N) is 1. The first-order chi connectivity index (χ1) is 16.0. The number of alkyl halides is 3. The number of nitrogens with zero attached hydrogens (tertiary/aromatic N) is 4. The quantitative estimate of drug-likeness (QED) is 0.216. The minimum atomic E-state index is -3.74. The van der Waals surface area contributed by atoms with E-state index < -0.39 is 21.9 Å². The number of hydrogen-bond donors (Lipinski definition) is 1. The molecule has 0 aliphatic rings. The lowest BCUT2D eigenvalue weighted by molar-refractivity contribution is -0.384. The Morgan fingerprint density at radius 2 is 1.91 bits per heavy atom. The first-order valence-electron chi connectivity index (χ1n) is 9.80. The number of ether oxygens (including phenoxy) is 1. The second-order valence-corrected chi connectivity index (χ2v) is 7.85. The van der Waals surface area contributed by atoms with Crippen molar-refractivity contribution in [3.63, 3.8) is 0 Å². The van der Waals surface area contributed by atoms with Gasteiger partial charge in [0.2, 0.25) is 0 Å². The van der Waals surface area contributed by atoms with Crippen molar-refractivity contribution in [3.05, 3.63) is 87.4 Å². The molecular formula is C22H16ClF2N5O4. The molecule has 1 N–H and O–H groups in total. The summed E-state index contributed by atoms with van der Waals surface area (Å²) < 4.78 is 34.1. The van der Waals surface area contributed by atoms with Crippen molar-refractivity contribution in [2.75, 3.05) is 5.32 Å². The number of rotatable bonds is 6. The zero-order chi connectivity index (χ0) is 24.6. The monoisotopic (exact) mass is 487 g/mol. The number of benzene rings is 2. The molecule has 0 saturated heterocycles. The van der Waals surface area contributed by atoms with E-state index in [1.165, 1.54) is 25.1 Å². The molecule has 0 spiro atoms. The highest BCUT2D eigenvalue weighted by molar-refractivity contribution is 6.21. The van der Waals surface area contributed by atoms with E-state index in [-0.39, 0.29) is 34.2 Å². The maximum absolute atomic E-state index is 13.8. The second-order valence-electron chi connectivity index (χ2n) is 7.37. The number of carbonyl (C=O) groups excluding carboxylic acids is 1. The minimum absolute atomic E-state index is 0.0110. The maximum Gasteiger partial charge on any atom is 0.364 e. The van der Waals surface area contributed by atoms with Crippen LogP contribution in [0.5, 0.6) is 11.5 Å². The number of carbonyl (C=O) groups is 1. The normalized spacial score (nSPS) is 11.4. The number of aromatic nitrogens is 3. The van der Waals surface area contributed by atoms with Crippen LogP contribution in [-0.4, -0.2) is 25.4 Å². The third-order valence-electron chi connectivity index (χ3n) is 4.76. The van der Waals surface area contributed by atoms with Crippen molar-refractivity contribution in [2.24, 2.45) is 0 Å². The molecule has 0 unspecified atom stereocenters. The molecule has 0 radical (unpaired) electrons. The number of halogens is 3. The van der Waals surface area contributed by atoms with Gasteiger partial charge in [0.1, 0.15) is 17.2 Å². The number of amides is 1. The van der Waals surface area contributed by atoms with E-state index in [4.69, 9.17) is 16.3 Å². The third-order valence-corrected chi connectivity index (χ3v) is 4.95. The van der Waals surface area contributed by atoms with Crippen LogP contribution in [-0.2, 0) is 5.38 Å². The molecule has 0 saturated carbocycles. The topological polar surface area (TPSA) is 112 Å². The number of non-ortho nitro benzene ring substituents is 1. The van der Waals surface area contributed by atoms with Crippen LogP contribution in [0.1, 0.15) is 27.4 Å². The van der Waals surface area contributed by atoms with Gasteiger partial charge in [-0.3, -0.25) is 14.9 Å². The molecule has 2 heterocycles. The number of para-hydroxylation sites is 1. The summed E-state index contributed by atoms with van der Waals surface area (Å²) in [6.07, 6.45) is 0. The van der Waals surface area contributed by atoms with E-state index in [1.54, 1.807) is 12.1 Å². The molecule has 0 fully saturated rings. The lowest BCUT2D eigenvalue weighted by Crippen LogP contribution is -2.15. The van der Waals surface area contributed by atoms with E-state index in [2.05, 4.69) is 15.4 Å². The SMILES string of the molecule is Cc1cc(C(F)(F)Cl)n2nc(C(=O)Nc3cc(Oc4ccccc4C)cc([N+](=O)[O-])c3)cc2n1. The maximum atomic E-state index is 13.8. The van der Waals surface area contributed by atoms with Gasteiger partial charge in [-0.15, -0.1) is 0 Å². The first kappa shape index (κ1) is 23.1. The summed E-state index contributed by atoms with van der Waals surface area (Å²) in [6, 6.07) is 13.1. The highest BCUT2D eigenvalue weighted by atomic mass is 35.5. The summed E-state index contributed by atoms with van der Waals surface area (Å²) >= 11 is 5.17. The van der Waals surface area contributed by atoms with Crippen molar-refractivity contribution in [1.29, 1.82) is 0 Å². The van der Waals surface area contributed by atoms with Gasteiger partial charge >= 0.3 is 5.38 Å². The van der Waals surface area contributed by atoms with Crippen LogP contribution in [0.15, 0.2) is 54.6 Å². The number of fused-ring (bicyclic) bond motifs is 1. The number of hydrogen-bond acceptors (Lipinski definition) is 6. The van der Waals surface area contributed by atoms with Crippen LogP contribution >= 0.6 is 11.6 Å². The Balaban J connectivity index is 1.67. The van der Waals surface area contributed by atoms with Gasteiger partial charge in [-0.1, -0.05) is 18.2 Å². The molecule has 0 aliphatic carbocycles. The number of anilines is 1. The van der Waals surface area contributed by atoms with Crippen molar-refractivity contribution in [3.8, 4) is 11.5 Å². The van der Waals surface area contributed by atoms with Crippen LogP contribution in [0.2, 0.25) is 0 Å². The summed E-state index contributed by atoms with van der Waals surface area (Å²) in [4.78, 5) is 27.6. The van der Waals surface area contributed by atoms with Gasteiger partial charge < -0.3 is 10.1 Å². The fraction of sp³-hybridized carbons (Fsp3) is 0.136. The van der Waals surface area contributed by atoms with Gasteiger partial charge in [-0.25, -0.2) is 9.50 Å². The molecule has 9 nitrogen and oxygen atoms in total. The van der Waals surface area contributed by atoms with E-state index in [1.807, 2.05) is 19.1 Å². The summed E-state index contributed by atoms with van der Waals surface area (Å²) in [6.45, 7) is 3.31. The Morgan fingerprint density at radius 3 is 2.59 bits per heavy atom. The third kappa shape index (κ3) is 4.79. The van der Waals surface area contributed by atoms with Gasteiger partial charge in [0, 0.05) is 23.9 Å². The van der Waals surface area contributed by atoms with Gasteiger partial charge in [-0.05, 0) is 43.1 Å². The van der Waals surface area contributed by atoms with Crippen molar-refractivity contribution >= 4 is 34.5 Å². The Bertz CT molecular complexity index is 1430. The summed E-state index contributed by atoms with van der Waals surface area (Å²) in [5, 5.41) is 14.0. The number of aryl methyl sites for hydroxylation is 2. The molecule has 0 bridgehead atoms. The summed E-state index contributed by atoms with van der Waals surface area (Å²) in [5.41, 5.74) is -0.119. The lowest BCUT2D eigenvalue weighted by atomic mass is 10.2. The first-order valence-corrected chi connectivity index (χ1v) is 10.2. The summed E-state index contributed by atoms with van der Waals surface area (Å²) in [7, 11) is 0. The highest BCUT2D eigenvalue weighted by Crippen LogP contribution is 2.33. The smallest absolute Gasteiger partial charge is 0.364 e. The lowest BCUT2D eigenvalue weighted by Gasteiger charge is -2.11. The van der Waals surface area contributed by atoms with Crippen LogP contribution in [0.4, 0.5) is 20.2 Å². The van der Waals surface area contributed by atoms with E-state index in [0.717, 1.165) is 22.2 Å². The van der Waals surface area contributed by atoms with Gasteiger partial charge in [0.05, 0.1) is 16.7 Å². The van der Waals surface area contributed by atoms with E-state index >= 15 is 0 Å². The molecule has 4 aromatic rings. The second kappa shape index (κ2) is 8.67. The van der Waals surface area contributed by atoms with Crippen LogP contribution in [0, 0.1) is 24.0 Å². The van der Waals surface area contributed by atoms with E-state index in [0.29, 0.717) is 5.75 Å².